The summed E-state index contributed by atoms with van der Waals surface area (Å²) in [5, 5.41) is 17.3. The lowest BCUT2D eigenvalue weighted by molar-refractivity contribution is 0.249. The molecule has 0 unspecified atom stereocenters. The lowest BCUT2D eigenvalue weighted by atomic mass is 9.77. The van der Waals surface area contributed by atoms with Crippen molar-refractivity contribution in [2.75, 3.05) is 17.2 Å². The van der Waals surface area contributed by atoms with Crippen LogP contribution in [0, 0.1) is 0 Å². The van der Waals surface area contributed by atoms with Gasteiger partial charge >= 0.3 is 12.1 Å². The molecule has 2 heterocycles. The Bertz CT molecular complexity index is 1830. The van der Waals surface area contributed by atoms with Crippen LogP contribution in [0.25, 0.3) is 10.9 Å². The summed E-state index contributed by atoms with van der Waals surface area (Å²) in [6.07, 6.45) is 1.63. The number of anilines is 2. The maximum atomic E-state index is 13.2. The van der Waals surface area contributed by atoms with Gasteiger partial charge in [-0.15, -0.1) is 0 Å². The average Bonchev–Trinajstić information content (AvgIpc) is 3.44. The highest BCUT2D eigenvalue weighted by Crippen LogP contribution is 2.43. The summed E-state index contributed by atoms with van der Waals surface area (Å²) < 4.78 is 1.92. The van der Waals surface area contributed by atoms with E-state index in [0.29, 0.717) is 29.1 Å². The molecule has 6 aromatic rings. The molecule has 0 aliphatic rings. The van der Waals surface area contributed by atoms with E-state index in [1.807, 2.05) is 103 Å². The van der Waals surface area contributed by atoms with E-state index in [-0.39, 0.29) is 12.1 Å². The predicted molar refractivity (Wildman–Crippen MR) is 182 cm³/mol. The number of nitrogens with zero attached hydrogens (tertiary/aromatic N) is 3. The van der Waals surface area contributed by atoms with E-state index < -0.39 is 11.6 Å². The fraction of sp³-hybridized carbons (Fsp3) is 0.135. The first-order valence-electron chi connectivity index (χ1n) is 15.2. The van der Waals surface area contributed by atoms with E-state index in [1.54, 1.807) is 12.3 Å². The van der Waals surface area contributed by atoms with Crippen molar-refractivity contribution in [2.24, 2.45) is 0 Å². The molecular weight excluding hydrogens is 574 g/mol. The number of fused-ring (bicyclic) bond motifs is 1. The molecule has 0 radical (unpaired) electrons. The molecule has 4 aromatic carbocycles. The maximum absolute atomic E-state index is 13.2. The largest absolute Gasteiger partial charge is 0.338 e. The second-order valence-electron chi connectivity index (χ2n) is 10.9. The Kier molecular flexibility index (Phi) is 8.73. The summed E-state index contributed by atoms with van der Waals surface area (Å²) in [6.45, 7) is 4.23. The summed E-state index contributed by atoms with van der Waals surface area (Å²) >= 11 is 0. The normalized spacial score (nSPS) is 11.9. The van der Waals surface area contributed by atoms with Gasteiger partial charge in [0.1, 0.15) is 11.4 Å². The van der Waals surface area contributed by atoms with Gasteiger partial charge in [0.15, 0.2) is 5.82 Å². The Hall–Kier alpha value is -5.96. The highest BCUT2D eigenvalue weighted by atomic mass is 16.2. The summed E-state index contributed by atoms with van der Waals surface area (Å²) in [6, 6.07) is 40.9. The first-order chi connectivity index (χ1) is 22.5. The number of pyridine rings is 1. The SMILES string of the molecule is CCNC(=O)Nc1nn(C(c2ccccc2)(c2ccccc2)c2ccccc2)c2cc(NC(=O)N[C@H](C)c3ccccc3)ncc12. The van der Waals surface area contributed by atoms with E-state index in [2.05, 4.69) is 62.6 Å². The fourth-order valence-corrected chi connectivity index (χ4v) is 5.82. The molecule has 0 spiro atoms. The average molecular weight is 610 g/mol. The van der Waals surface area contributed by atoms with Crippen molar-refractivity contribution < 1.29 is 9.59 Å². The molecule has 9 nitrogen and oxygen atoms in total. The van der Waals surface area contributed by atoms with E-state index in [9.17, 15) is 9.59 Å². The Labute approximate surface area is 267 Å². The highest BCUT2D eigenvalue weighted by molar-refractivity contribution is 6.00. The van der Waals surface area contributed by atoms with Crippen LogP contribution in [0.1, 0.15) is 42.1 Å². The van der Waals surface area contributed by atoms with Gasteiger partial charge in [-0.2, -0.15) is 5.10 Å². The van der Waals surface area contributed by atoms with Crippen molar-refractivity contribution in [1.82, 2.24) is 25.4 Å². The van der Waals surface area contributed by atoms with Crippen LogP contribution in [0.15, 0.2) is 134 Å². The second-order valence-corrected chi connectivity index (χ2v) is 10.9. The Morgan fingerprint density at radius 2 is 1.26 bits per heavy atom. The number of carbonyl (C=O) groups excluding carboxylic acids is 2. The molecule has 0 aliphatic heterocycles. The van der Waals surface area contributed by atoms with Crippen LogP contribution < -0.4 is 21.3 Å². The van der Waals surface area contributed by atoms with Gasteiger partial charge in [0, 0.05) is 18.8 Å². The molecule has 0 saturated carbocycles. The van der Waals surface area contributed by atoms with Crippen molar-refractivity contribution >= 4 is 34.6 Å². The minimum Gasteiger partial charge on any atom is -0.338 e. The Balaban J connectivity index is 1.54. The number of urea groups is 2. The Morgan fingerprint density at radius 1 is 0.739 bits per heavy atom. The van der Waals surface area contributed by atoms with Gasteiger partial charge in [0.2, 0.25) is 0 Å². The number of nitrogens with one attached hydrogen (secondary N) is 4. The third-order valence-electron chi connectivity index (χ3n) is 7.92. The minimum atomic E-state index is -0.966. The van der Waals surface area contributed by atoms with Crippen molar-refractivity contribution in [2.45, 2.75) is 25.4 Å². The van der Waals surface area contributed by atoms with Gasteiger partial charge in [0.25, 0.3) is 0 Å². The third-order valence-corrected chi connectivity index (χ3v) is 7.92. The van der Waals surface area contributed by atoms with Crippen LogP contribution in [-0.2, 0) is 5.54 Å². The topological polar surface area (TPSA) is 113 Å². The molecule has 230 valence electrons. The van der Waals surface area contributed by atoms with Gasteiger partial charge in [0.05, 0.1) is 16.9 Å². The van der Waals surface area contributed by atoms with Gasteiger partial charge < -0.3 is 10.6 Å². The molecule has 0 fully saturated rings. The number of amides is 4. The fourth-order valence-electron chi connectivity index (χ4n) is 5.82. The number of rotatable bonds is 9. The molecule has 0 aliphatic carbocycles. The molecule has 4 amide bonds. The van der Waals surface area contributed by atoms with Crippen LogP contribution in [-0.4, -0.2) is 33.4 Å². The van der Waals surface area contributed by atoms with Crippen LogP contribution in [0.2, 0.25) is 0 Å². The molecule has 0 bridgehead atoms. The van der Waals surface area contributed by atoms with Crippen LogP contribution in [0.5, 0.6) is 0 Å². The zero-order valence-electron chi connectivity index (χ0n) is 25.6. The summed E-state index contributed by atoms with van der Waals surface area (Å²) in [5.74, 6) is 0.674. The number of hydrogen-bond acceptors (Lipinski definition) is 4. The molecule has 46 heavy (non-hydrogen) atoms. The molecule has 6 rings (SSSR count). The quantitative estimate of drug-likeness (QED) is 0.129. The zero-order chi connectivity index (χ0) is 31.9. The van der Waals surface area contributed by atoms with E-state index in [4.69, 9.17) is 5.10 Å². The van der Waals surface area contributed by atoms with Crippen LogP contribution >= 0.6 is 0 Å². The van der Waals surface area contributed by atoms with Gasteiger partial charge in [-0.3, -0.25) is 10.6 Å². The van der Waals surface area contributed by atoms with E-state index >= 15 is 0 Å². The zero-order valence-corrected chi connectivity index (χ0v) is 25.6. The van der Waals surface area contributed by atoms with E-state index in [1.165, 1.54) is 0 Å². The van der Waals surface area contributed by atoms with Crippen molar-refractivity contribution in [3.05, 3.63) is 156 Å². The monoisotopic (exact) mass is 609 g/mol. The van der Waals surface area contributed by atoms with Crippen LogP contribution in [0.4, 0.5) is 21.2 Å². The summed E-state index contributed by atoms with van der Waals surface area (Å²) in [7, 11) is 0. The molecule has 2 aromatic heterocycles. The highest BCUT2D eigenvalue weighted by Gasteiger charge is 2.41. The van der Waals surface area contributed by atoms with Gasteiger partial charge in [-0.25, -0.2) is 19.3 Å². The predicted octanol–water partition coefficient (Wildman–Crippen LogP) is 7.30. The molecule has 4 N–H and O–H groups in total. The number of hydrogen-bond donors (Lipinski definition) is 4. The van der Waals surface area contributed by atoms with Crippen molar-refractivity contribution in [3.63, 3.8) is 0 Å². The minimum absolute atomic E-state index is 0.217. The number of aromatic nitrogens is 3. The first kappa shape index (κ1) is 30.1. The second kappa shape index (κ2) is 13.4. The molecule has 9 heteroatoms. The molecule has 0 saturated heterocycles. The van der Waals surface area contributed by atoms with Crippen molar-refractivity contribution in [1.29, 1.82) is 0 Å². The summed E-state index contributed by atoms with van der Waals surface area (Å²) in [4.78, 5) is 30.5. The maximum Gasteiger partial charge on any atom is 0.320 e. The third kappa shape index (κ3) is 5.90. The first-order valence-corrected chi connectivity index (χ1v) is 15.2. The standard InChI is InChI=1S/C37H35N7O2/c1-3-38-35(45)42-34-31-25-39-33(41-36(46)40-26(2)27-16-8-4-9-17-27)24-32(31)44(43-34)37(28-18-10-5-11-19-28,29-20-12-6-13-21-29)30-22-14-7-15-23-30/h4-26H,3H2,1-2H3,(H2,38,42,43,45)(H2,39,40,41,46)/t26-/m1/s1. The molecule has 1 atom stereocenters. The smallest absolute Gasteiger partial charge is 0.320 e. The van der Waals surface area contributed by atoms with Crippen molar-refractivity contribution in [3.8, 4) is 0 Å². The van der Waals surface area contributed by atoms with Gasteiger partial charge in [-0.05, 0) is 36.1 Å². The van der Waals surface area contributed by atoms with Crippen LogP contribution in [0.3, 0.4) is 0 Å². The Morgan fingerprint density at radius 3 is 1.78 bits per heavy atom. The van der Waals surface area contributed by atoms with E-state index in [0.717, 1.165) is 22.3 Å². The molecular formula is C37H35N7O2. The number of benzene rings is 4. The lowest BCUT2D eigenvalue weighted by Crippen LogP contribution is -2.38. The lowest BCUT2D eigenvalue weighted by Gasteiger charge is -2.37. The number of carbonyl (C=O) groups is 2. The van der Waals surface area contributed by atoms with Gasteiger partial charge in [-0.1, -0.05) is 121 Å². The summed E-state index contributed by atoms with van der Waals surface area (Å²) in [5.41, 5.74) is 3.56.